The lowest BCUT2D eigenvalue weighted by atomic mass is 10.4. The van der Waals surface area contributed by atoms with Gasteiger partial charge in [0.25, 0.3) is 0 Å². The maximum absolute atomic E-state index is 5.44. The average Bonchev–Trinajstić information content (AvgIpc) is 2.49. The van der Waals surface area contributed by atoms with Gasteiger partial charge in [0.1, 0.15) is 4.88 Å². The van der Waals surface area contributed by atoms with Crippen molar-refractivity contribution < 1.29 is 0 Å². The third-order valence-electron chi connectivity index (χ3n) is 1.52. The highest BCUT2D eigenvalue weighted by Crippen LogP contribution is 2.22. The van der Waals surface area contributed by atoms with Gasteiger partial charge in [0.05, 0.1) is 5.69 Å². The van der Waals surface area contributed by atoms with Crippen molar-refractivity contribution >= 4 is 23.4 Å². The summed E-state index contributed by atoms with van der Waals surface area (Å²) in [5.41, 5.74) is 11.6. The van der Waals surface area contributed by atoms with Crippen LogP contribution in [0.2, 0.25) is 0 Å². The lowest BCUT2D eigenvalue weighted by Crippen LogP contribution is -2.04. The summed E-state index contributed by atoms with van der Waals surface area (Å²) >= 11 is 1.20. The van der Waals surface area contributed by atoms with Crippen molar-refractivity contribution in [3.8, 4) is 10.7 Å². The van der Waals surface area contributed by atoms with Gasteiger partial charge in [0.2, 0.25) is 11.9 Å². The van der Waals surface area contributed by atoms with Gasteiger partial charge < -0.3 is 11.5 Å². The molecule has 2 aromatic heterocycles. The van der Waals surface area contributed by atoms with Gasteiger partial charge in [-0.25, -0.2) is 0 Å². The number of nitrogens with zero attached hydrogens (tertiary/aromatic N) is 5. The van der Waals surface area contributed by atoms with E-state index in [4.69, 9.17) is 11.5 Å². The molecule has 0 aliphatic carbocycles. The molecule has 0 fully saturated rings. The Morgan fingerprint density at radius 2 is 1.71 bits per heavy atom. The molecule has 4 N–H and O–H groups in total. The first-order valence-electron chi connectivity index (χ1n) is 3.73. The fourth-order valence-electron chi connectivity index (χ4n) is 0.947. The zero-order chi connectivity index (χ0) is 10.1. The molecule has 0 saturated heterocycles. The SMILES string of the molecule is Cc1nnsc1-c1nc(N)nc(N)n1. The Morgan fingerprint density at radius 3 is 2.21 bits per heavy atom. The Hall–Kier alpha value is -1.83. The zero-order valence-electron chi connectivity index (χ0n) is 7.30. The number of aromatic nitrogens is 5. The van der Waals surface area contributed by atoms with Crippen LogP contribution in [-0.4, -0.2) is 24.5 Å². The highest BCUT2D eigenvalue weighted by atomic mass is 32.1. The van der Waals surface area contributed by atoms with Crippen LogP contribution in [0.3, 0.4) is 0 Å². The Morgan fingerprint density at radius 1 is 1.07 bits per heavy atom. The molecule has 0 aliphatic rings. The predicted octanol–water partition coefficient (Wildman–Crippen LogP) is -0.137. The third-order valence-corrected chi connectivity index (χ3v) is 2.35. The Bertz CT molecular complexity index is 445. The van der Waals surface area contributed by atoms with E-state index in [1.54, 1.807) is 0 Å². The normalized spacial score (nSPS) is 10.4. The molecule has 0 aliphatic heterocycles. The second-order valence-electron chi connectivity index (χ2n) is 2.56. The summed E-state index contributed by atoms with van der Waals surface area (Å²) in [4.78, 5) is 12.3. The quantitative estimate of drug-likeness (QED) is 0.671. The molecule has 7 nitrogen and oxygen atoms in total. The van der Waals surface area contributed by atoms with Crippen LogP contribution in [0.1, 0.15) is 5.69 Å². The summed E-state index contributed by atoms with van der Waals surface area (Å²) in [5, 5.41) is 3.84. The zero-order valence-corrected chi connectivity index (χ0v) is 8.12. The van der Waals surface area contributed by atoms with E-state index in [1.165, 1.54) is 11.5 Å². The molecule has 2 aromatic rings. The van der Waals surface area contributed by atoms with Crippen LogP contribution >= 0.6 is 11.5 Å². The molecule has 0 unspecified atom stereocenters. The maximum atomic E-state index is 5.44. The number of hydrogen-bond donors (Lipinski definition) is 2. The summed E-state index contributed by atoms with van der Waals surface area (Å²) in [6.45, 7) is 1.81. The first-order valence-corrected chi connectivity index (χ1v) is 4.50. The lowest BCUT2D eigenvalue weighted by Gasteiger charge is -1.98. The van der Waals surface area contributed by atoms with Crippen molar-refractivity contribution in [2.75, 3.05) is 11.5 Å². The topological polar surface area (TPSA) is 116 Å². The second-order valence-corrected chi connectivity index (χ2v) is 3.32. The fraction of sp³-hybridized carbons (Fsp3) is 0.167. The highest BCUT2D eigenvalue weighted by Gasteiger charge is 2.11. The standard InChI is InChI=1S/C6H7N7S/c1-2-3(14-13-12-2)4-9-5(7)11-6(8)10-4/h1H3,(H4,7,8,9,10,11). The molecule has 14 heavy (non-hydrogen) atoms. The van der Waals surface area contributed by atoms with Crippen molar-refractivity contribution in [1.82, 2.24) is 24.5 Å². The van der Waals surface area contributed by atoms with Crippen molar-refractivity contribution in [3.63, 3.8) is 0 Å². The minimum absolute atomic E-state index is 0.0975. The van der Waals surface area contributed by atoms with Gasteiger partial charge in [0, 0.05) is 0 Å². The molecule has 0 spiro atoms. The minimum Gasteiger partial charge on any atom is -0.368 e. The molecule has 72 valence electrons. The Labute approximate surface area is 83.4 Å². The molecule has 0 radical (unpaired) electrons. The summed E-state index contributed by atoms with van der Waals surface area (Å²) in [6, 6.07) is 0. The van der Waals surface area contributed by atoms with Crippen LogP contribution in [0.15, 0.2) is 0 Å². The van der Waals surface area contributed by atoms with Crippen molar-refractivity contribution in [2.24, 2.45) is 0 Å². The molecule has 2 rings (SSSR count). The van der Waals surface area contributed by atoms with Gasteiger partial charge in [-0.15, -0.1) is 5.10 Å². The fourth-order valence-corrected chi connectivity index (χ4v) is 1.54. The Balaban J connectivity index is 2.57. The van der Waals surface area contributed by atoms with E-state index in [0.717, 1.165) is 10.6 Å². The second kappa shape index (κ2) is 3.14. The van der Waals surface area contributed by atoms with Crippen LogP contribution in [0, 0.1) is 6.92 Å². The summed E-state index contributed by atoms with van der Waals surface area (Å²) in [5.74, 6) is 0.614. The first-order chi connectivity index (χ1) is 6.66. The van der Waals surface area contributed by atoms with Crippen LogP contribution in [0.5, 0.6) is 0 Å². The van der Waals surface area contributed by atoms with Crippen LogP contribution < -0.4 is 11.5 Å². The number of nitrogen functional groups attached to an aromatic ring is 2. The summed E-state index contributed by atoms with van der Waals surface area (Å²) in [7, 11) is 0. The van der Waals surface area contributed by atoms with Gasteiger partial charge in [-0.1, -0.05) is 4.49 Å². The molecular formula is C6H7N7S. The molecule has 0 aromatic carbocycles. The third kappa shape index (κ3) is 1.46. The highest BCUT2D eigenvalue weighted by molar-refractivity contribution is 7.09. The number of aryl methyl sites for hydroxylation is 1. The molecule has 0 amide bonds. The van der Waals surface area contributed by atoms with E-state index in [9.17, 15) is 0 Å². The van der Waals surface area contributed by atoms with Crippen LogP contribution in [0.25, 0.3) is 10.7 Å². The van der Waals surface area contributed by atoms with E-state index >= 15 is 0 Å². The lowest BCUT2D eigenvalue weighted by molar-refractivity contribution is 1.06. The van der Waals surface area contributed by atoms with E-state index < -0.39 is 0 Å². The molecule has 0 bridgehead atoms. The van der Waals surface area contributed by atoms with Gasteiger partial charge in [0.15, 0.2) is 5.82 Å². The largest absolute Gasteiger partial charge is 0.368 e. The monoisotopic (exact) mass is 209 g/mol. The summed E-state index contributed by atoms with van der Waals surface area (Å²) in [6.07, 6.45) is 0. The van der Waals surface area contributed by atoms with Crippen LogP contribution in [0.4, 0.5) is 11.9 Å². The van der Waals surface area contributed by atoms with Gasteiger partial charge >= 0.3 is 0 Å². The number of rotatable bonds is 1. The molecule has 2 heterocycles. The van der Waals surface area contributed by atoms with E-state index in [0.29, 0.717) is 5.82 Å². The predicted molar refractivity (Wildman–Crippen MR) is 52.3 cm³/mol. The van der Waals surface area contributed by atoms with Crippen LogP contribution in [-0.2, 0) is 0 Å². The van der Waals surface area contributed by atoms with Crippen molar-refractivity contribution in [3.05, 3.63) is 5.69 Å². The first kappa shape index (κ1) is 8.75. The van der Waals surface area contributed by atoms with Gasteiger partial charge in [-0.3, -0.25) is 0 Å². The van der Waals surface area contributed by atoms with Gasteiger partial charge in [-0.2, -0.15) is 15.0 Å². The molecule has 0 saturated carbocycles. The molecule has 0 atom stereocenters. The summed E-state index contributed by atoms with van der Waals surface area (Å²) < 4.78 is 3.77. The maximum Gasteiger partial charge on any atom is 0.225 e. The number of anilines is 2. The smallest absolute Gasteiger partial charge is 0.225 e. The van der Waals surface area contributed by atoms with E-state index in [2.05, 4.69) is 24.5 Å². The number of hydrogen-bond acceptors (Lipinski definition) is 8. The van der Waals surface area contributed by atoms with E-state index in [-0.39, 0.29) is 11.9 Å². The molecule has 8 heteroatoms. The molecular weight excluding hydrogens is 202 g/mol. The van der Waals surface area contributed by atoms with Crippen molar-refractivity contribution in [1.29, 1.82) is 0 Å². The Kier molecular flexibility index (Phi) is 1.97. The van der Waals surface area contributed by atoms with E-state index in [1.807, 2.05) is 6.92 Å². The van der Waals surface area contributed by atoms with Gasteiger partial charge in [-0.05, 0) is 18.5 Å². The number of nitrogens with two attached hydrogens (primary N) is 2. The van der Waals surface area contributed by atoms with Crippen molar-refractivity contribution in [2.45, 2.75) is 6.92 Å². The average molecular weight is 209 g/mol. The minimum atomic E-state index is 0.0975.